The number of fused-ring (bicyclic) bond motifs is 1. The Bertz CT molecular complexity index is 428. The number of aromatic nitrogens is 2. The zero-order valence-electron chi connectivity index (χ0n) is 7.33. The topological polar surface area (TPSA) is 38.9 Å². The Labute approximate surface area is 85.2 Å². The first-order valence-corrected chi connectivity index (χ1v) is 4.93. The van der Waals surface area contributed by atoms with Crippen LogP contribution in [0.4, 0.5) is 0 Å². The van der Waals surface area contributed by atoms with Crippen molar-refractivity contribution in [2.45, 2.75) is 0 Å². The molecule has 0 bridgehead atoms. The zero-order chi connectivity index (χ0) is 9.64. The summed E-state index contributed by atoms with van der Waals surface area (Å²) >= 11 is 1.46. The number of nitrogens with zero attached hydrogens (tertiary/aromatic N) is 2. The van der Waals surface area contributed by atoms with Crippen LogP contribution in [0.2, 0.25) is 0 Å². The highest BCUT2D eigenvalue weighted by atomic mass is 32.1. The molecule has 0 aliphatic carbocycles. The molecule has 4 heteroatoms. The highest BCUT2D eigenvalue weighted by molar-refractivity contribution is 7.03. The van der Waals surface area contributed by atoms with E-state index in [9.17, 15) is 0 Å². The standard InChI is InChI=1S/C7H5NO.C3H3NS/c1-2-4-7-6(3-1)8-5-9-7;1-2-4-5-3-1/h1-5H;1-3H. The van der Waals surface area contributed by atoms with Crippen molar-refractivity contribution in [3.8, 4) is 0 Å². The minimum atomic E-state index is 0.845. The minimum absolute atomic E-state index is 0.845. The van der Waals surface area contributed by atoms with Crippen molar-refractivity contribution in [3.63, 3.8) is 0 Å². The number of para-hydroxylation sites is 2. The van der Waals surface area contributed by atoms with E-state index in [0.29, 0.717) is 0 Å². The van der Waals surface area contributed by atoms with E-state index in [1.807, 2.05) is 35.7 Å². The van der Waals surface area contributed by atoms with E-state index in [0.717, 1.165) is 11.1 Å². The van der Waals surface area contributed by atoms with Crippen molar-refractivity contribution >= 4 is 22.6 Å². The zero-order valence-corrected chi connectivity index (χ0v) is 8.15. The maximum Gasteiger partial charge on any atom is 0.181 e. The molecule has 3 rings (SSSR count). The van der Waals surface area contributed by atoms with Gasteiger partial charge < -0.3 is 4.42 Å². The summed E-state index contributed by atoms with van der Waals surface area (Å²) < 4.78 is 8.77. The Kier molecular flexibility index (Phi) is 2.88. The Morgan fingerprint density at radius 2 is 2.07 bits per heavy atom. The molecule has 0 unspecified atom stereocenters. The van der Waals surface area contributed by atoms with Gasteiger partial charge in [0.15, 0.2) is 12.0 Å². The van der Waals surface area contributed by atoms with E-state index in [1.54, 1.807) is 6.20 Å². The van der Waals surface area contributed by atoms with Crippen LogP contribution in [0.3, 0.4) is 0 Å². The molecule has 0 saturated carbocycles. The monoisotopic (exact) mass is 204 g/mol. The van der Waals surface area contributed by atoms with Gasteiger partial charge in [-0.05, 0) is 29.7 Å². The predicted molar refractivity (Wildman–Crippen MR) is 56.1 cm³/mol. The smallest absolute Gasteiger partial charge is 0.181 e. The van der Waals surface area contributed by atoms with Crippen molar-refractivity contribution in [1.29, 1.82) is 0 Å². The number of rotatable bonds is 0. The first-order chi connectivity index (χ1) is 6.97. The summed E-state index contributed by atoms with van der Waals surface area (Å²) in [7, 11) is 0. The van der Waals surface area contributed by atoms with Gasteiger partial charge in [0.25, 0.3) is 0 Å². The lowest BCUT2D eigenvalue weighted by atomic mass is 10.3. The van der Waals surface area contributed by atoms with Gasteiger partial charge in [0.1, 0.15) is 5.52 Å². The van der Waals surface area contributed by atoms with Crippen molar-refractivity contribution in [1.82, 2.24) is 9.36 Å². The van der Waals surface area contributed by atoms with Gasteiger partial charge in [0.2, 0.25) is 0 Å². The lowest BCUT2D eigenvalue weighted by molar-refractivity contribution is 0.602. The van der Waals surface area contributed by atoms with Gasteiger partial charge in [0.05, 0.1) is 0 Å². The van der Waals surface area contributed by atoms with Crippen LogP contribution in [-0.4, -0.2) is 9.36 Å². The summed E-state index contributed by atoms with van der Waals surface area (Å²) in [4.78, 5) is 3.95. The van der Waals surface area contributed by atoms with E-state index in [4.69, 9.17) is 4.42 Å². The maximum absolute atomic E-state index is 5.01. The molecule has 0 aliphatic rings. The fraction of sp³-hybridized carbons (Fsp3) is 0. The molecule has 14 heavy (non-hydrogen) atoms. The third-order valence-corrected chi connectivity index (χ3v) is 2.11. The normalized spacial score (nSPS) is 9.43. The summed E-state index contributed by atoms with van der Waals surface area (Å²) in [6.07, 6.45) is 3.22. The van der Waals surface area contributed by atoms with Gasteiger partial charge >= 0.3 is 0 Å². The van der Waals surface area contributed by atoms with Gasteiger partial charge in [-0.3, -0.25) is 0 Å². The highest BCUT2D eigenvalue weighted by Gasteiger charge is 1.91. The quantitative estimate of drug-likeness (QED) is 0.565. The van der Waals surface area contributed by atoms with Crippen LogP contribution in [0, 0.1) is 0 Å². The molecular weight excluding hydrogens is 196 g/mol. The van der Waals surface area contributed by atoms with Crippen LogP contribution < -0.4 is 0 Å². The Balaban J connectivity index is 0.000000128. The summed E-state index contributed by atoms with van der Waals surface area (Å²) in [6, 6.07) is 9.57. The van der Waals surface area contributed by atoms with Crippen LogP contribution in [0.25, 0.3) is 11.1 Å². The molecule has 2 aromatic heterocycles. The third-order valence-electron chi connectivity index (χ3n) is 1.58. The Hall–Kier alpha value is -1.68. The van der Waals surface area contributed by atoms with Crippen LogP contribution in [0.1, 0.15) is 0 Å². The molecule has 0 N–H and O–H groups in total. The van der Waals surface area contributed by atoms with Crippen molar-refractivity contribution < 1.29 is 4.42 Å². The lowest BCUT2D eigenvalue weighted by Gasteiger charge is -1.79. The second-order valence-corrected chi connectivity index (χ2v) is 3.20. The second-order valence-electron chi connectivity index (χ2n) is 2.51. The van der Waals surface area contributed by atoms with Crippen molar-refractivity contribution in [2.75, 3.05) is 0 Å². The van der Waals surface area contributed by atoms with Crippen molar-refractivity contribution in [2.24, 2.45) is 0 Å². The van der Waals surface area contributed by atoms with Gasteiger partial charge in [-0.25, -0.2) is 9.36 Å². The third kappa shape index (κ3) is 2.17. The van der Waals surface area contributed by atoms with E-state index < -0.39 is 0 Å². The maximum atomic E-state index is 5.01. The van der Waals surface area contributed by atoms with Gasteiger partial charge in [-0.2, -0.15) is 0 Å². The Morgan fingerprint density at radius 3 is 2.71 bits per heavy atom. The average molecular weight is 204 g/mol. The van der Waals surface area contributed by atoms with Crippen LogP contribution in [0.15, 0.2) is 52.7 Å². The molecule has 1 aromatic carbocycles. The van der Waals surface area contributed by atoms with Crippen LogP contribution in [-0.2, 0) is 0 Å². The lowest BCUT2D eigenvalue weighted by Crippen LogP contribution is -1.61. The van der Waals surface area contributed by atoms with Gasteiger partial charge in [-0.1, -0.05) is 12.1 Å². The van der Waals surface area contributed by atoms with Gasteiger partial charge in [-0.15, -0.1) is 0 Å². The molecular formula is C10H8N2OS. The molecule has 0 fully saturated rings. The summed E-state index contributed by atoms with van der Waals surface area (Å²) in [5.41, 5.74) is 1.76. The van der Waals surface area contributed by atoms with Gasteiger partial charge in [0, 0.05) is 11.6 Å². The molecule has 0 amide bonds. The number of oxazole rings is 1. The molecule has 0 radical (unpaired) electrons. The summed E-state index contributed by atoms with van der Waals surface area (Å²) in [6.45, 7) is 0. The molecule has 3 aromatic rings. The van der Waals surface area contributed by atoms with Crippen molar-refractivity contribution in [3.05, 3.63) is 48.3 Å². The highest BCUT2D eigenvalue weighted by Crippen LogP contribution is 2.09. The number of hydrogen-bond donors (Lipinski definition) is 0. The van der Waals surface area contributed by atoms with Crippen LogP contribution >= 0.6 is 11.5 Å². The fourth-order valence-electron chi connectivity index (χ4n) is 0.979. The number of hydrogen-bond acceptors (Lipinski definition) is 4. The van der Waals surface area contributed by atoms with E-state index in [2.05, 4.69) is 9.36 Å². The molecule has 2 heterocycles. The second kappa shape index (κ2) is 4.53. The molecule has 3 nitrogen and oxygen atoms in total. The van der Waals surface area contributed by atoms with Crippen LogP contribution in [0.5, 0.6) is 0 Å². The largest absolute Gasteiger partial charge is 0.443 e. The van der Waals surface area contributed by atoms with E-state index >= 15 is 0 Å². The first-order valence-electron chi connectivity index (χ1n) is 4.09. The molecule has 70 valence electrons. The summed E-state index contributed by atoms with van der Waals surface area (Å²) in [5.74, 6) is 0. The minimum Gasteiger partial charge on any atom is -0.443 e. The molecule has 0 spiro atoms. The van der Waals surface area contributed by atoms with E-state index in [1.165, 1.54) is 17.9 Å². The fourth-order valence-corrected chi connectivity index (χ4v) is 1.33. The molecule has 0 saturated heterocycles. The first kappa shape index (κ1) is 8.90. The number of benzene rings is 1. The van der Waals surface area contributed by atoms with E-state index in [-0.39, 0.29) is 0 Å². The predicted octanol–water partition coefficient (Wildman–Crippen LogP) is 2.97. The Morgan fingerprint density at radius 1 is 1.14 bits per heavy atom. The summed E-state index contributed by atoms with van der Waals surface area (Å²) in [5, 5.41) is 1.93. The average Bonchev–Trinajstić information content (AvgIpc) is 2.92. The SMILES string of the molecule is c1ccc2ocnc2c1.c1cnsc1. The molecule has 0 aliphatic heterocycles. The molecule has 0 atom stereocenters.